The second-order valence-corrected chi connectivity index (χ2v) is 10.4. The number of amides is 3. The molecule has 1 aliphatic rings. The van der Waals surface area contributed by atoms with Crippen LogP contribution in [0.5, 0.6) is 11.5 Å². The number of methoxy groups -OCH3 is 1. The van der Waals surface area contributed by atoms with Crippen LogP contribution in [0.3, 0.4) is 0 Å². The molecule has 0 unspecified atom stereocenters. The molecule has 0 saturated carbocycles. The summed E-state index contributed by atoms with van der Waals surface area (Å²) in [5.41, 5.74) is 3.44. The average Bonchev–Trinajstić information content (AvgIpc) is 3.16. The third kappa shape index (κ3) is 6.92. The number of ether oxygens (including phenoxy) is 2. The van der Waals surface area contributed by atoms with Crippen LogP contribution in [-0.4, -0.2) is 35.7 Å². The van der Waals surface area contributed by atoms with Gasteiger partial charge in [0, 0.05) is 9.26 Å². The summed E-state index contributed by atoms with van der Waals surface area (Å²) in [6, 6.07) is 20.4. The molecule has 1 heterocycles. The van der Waals surface area contributed by atoms with Crippen LogP contribution in [-0.2, 0) is 22.6 Å². The maximum atomic E-state index is 12.9. The maximum Gasteiger partial charge on any atom is 0.293 e. The minimum atomic E-state index is -0.337. The zero-order chi connectivity index (χ0) is 26.4. The zero-order valence-corrected chi connectivity index (χ0v) is 23.3. The van der Waals surface area contributed by atoms with Gasteiger partial charge in [0.15, 0.2) is 18.1 Å². The third-order valence-corrected chi connectivity index (χ3v) is 7.24. The van der Waals surface area contributed by atoms with E-state index in [-0.39, 0.29) is 30.2 Å². The smallest absolute Gasteiger partial charge is 0.293 e. The van der Waals surface area contributed by atoms with Gasteiger partial charge in [0.2, 0.25) is 0 Å². The highest BCUT2D eigenvalue weighted by Gasteiger charge is 2.35. The van der Waals surface area contributed by atoms with Crippen molar-refractivity contribution in [1.82, 2.24) is 4.90 Å². The third-order valence-electron chi connectivity index (χ3n) is 5.62. The van der Waals surface area contributed by atoms with Crippen LogP contribution in [0.2, 0.25) is 0 Å². The Morgan fingerprint density at radius 2 is 1.70 bits per heavy atom. The Bertz CT molecular complexity index is 1340. The highest BCUT2D eigenvalue weighted by Crippen LogP contribution is 2.35. The van der Waals surface area contributed by atoms with Crippen molar-refractivity contribution in [3.63, 3.8) is 0 Å². The van der Waals surface area contributed by atoms with Crippen molar-refractivity contribution in [3.8, 4) is 11.5 Å². The van der Waals surface area contributed by atoms with Gasteiger partial charge in [-0.25, -0.2) is 0 Å². The van der Waals surface area contributed by atoms with E-state index in [1.807, 2.05) is 48.5 Å². The number of carbonyl (C=O) groups excluding carboxylic acids is 3. The lowest BCUT2D eigenvalue weighted by molar-refractivity contribution is -0.123. The van der Waals surface area contributed by atoms with Crippen molar-refractivity contribution in [1.29, 1.82) is 0 Å². The van der Waals surface area contributed by atoms with Crippen LogP contribution in [0.4, 0.5) is 10.5 Å². The fraction of sp³-hybridized carbons (Fsp3) is 0.179. The van der Waals surface area contributed by atoms with E-state index in [1.165, 1.54) is 17.6 Å². The topological polar surface area (TPSA) is 84.9 Å². The van der Waals surface area contributed by atoms with Crippen molar-refractivity contribution in [2.24, 2.45) is 0 Å². The summed E-state index contributed by atoms with van der Waals surface area (Å²) >= 11 is 3.11. The van der Waals surface area contributed by atoms with Gasteiger partial charge in [-0.05, 0) is 99.9 Å². The van der Waals surface area contributed by atoms with Crippen molar-refractivity contribution in [3.05, 3.63) is 91.9 Å². The van der Waals surface area contributed by atoms with Gasteiger partial charge in [-0.1, -0.05) is 37.3 Å². The molecule has 3 amide bonds. The summed E-state index contributed by atoms with van der Waals surface area (Å²) in [6.45, 7) is 2.10. The lowest BCUT2D eigenvalue weighted by Gasteiger charge is -2.13. The number of anilines is 1. The number of imide groups is 1. The molecule has 0 spiro atoms. The summed E-state index contributed by atoms with van der Waals surface area (Å²) in [5, 5.41) is 2.49. The molecule has 4 rings (SSSR count). The summed E-state index contributed by atoms with van der Waals surface area (Å²) < 4.78 is 12.2. The van der Waals surface area contributed by atoms with Gasteiger partial charge in [-0.3, -0.25) is 19.3 Å². The van der Waals surface area contributed by atoms with E-state index in [9.17, 15) is 14.4 Å². The molecule has 3 aromatic carbocycles. The molecule has 37 heavy (non-hydrogen) atoms. The monoisotopic (exact) mass is 628 g/mol. The number of aryl methyl sites for hydroxylation is 1. The Morgan fingerprint density at radius 1 is 1.00 bits per heavy atom. The first-order valence-electron chi connectivity index (χ1n) is 11.6. The SMILES string of the molecule is CCc1ccc(NC(=O)COc2ccc(/C=C3\SC(=O)N(Cc4ccc(I)cc4)C3=O)cc2OC)cc1. The van der Waals surface area contributed by atoms with Crippen LogP contribution in [0, 0.1) is 3.57 Å². The molecule has 1 aliphatic heterocycles. The first-order valence-corrected chi connectivity index (χ1v) is 13.4. The predicted octanol–water partition coefficient (Wildman–Crippen LogP) is 6.12. The van der Waals surface area contributed by atoms with Crippen LogP contribution >= 0.6 is 34.4 Å². The standard InChI is InChI=1S/C28H25IN2O5S/c1-3-18-6-11-22(12-7-18)30-26(32)17-36-23-13-8-20(14-24(23)35-2)15-25-27(33)31(28(34)37-25)16-19-4-9-21(29)10-5-19/h4-15H,3,16-17H2,1-2H3,(H,30,32)/b25-15-. The average molecular weight is 628 g/mol. The molecular formula is C28H25IN2O5S. The fourth-order valence-corrected chi connectivity index (χ4v) is 4.82. The molecule has 1 saturated heterocycles. The van der Waals surface area contributed by atoms with E-state index in [0.717, 1.165) is 27.3 Å². The first kappa shape index (κ1) is 26.7. The Balaban J connectivity index is 1.39. The summed E-state index contributed by atoms with van der Waals surface area (Å²) in [5.74, 6) is 0.170. The molecule has 0 atom stereocenters. The van der Waals surface area contributed by atoms with Gasteiger partial charge >= 0.3 is 0 Å². The Morgan fingerprint density at radius 3 is 2.38 bits per heavy atom. The summed E-state index contributed by atoms with van der Waals surface area (Å²) in [4.78, 5) is 39.3. The van der Waals surface area contributed by atoms with E-state index in [2.05, 4.69) is 34.8 Å². The minimum Gasteiger partial charge on any atom is -0.493 e. The lowest BCUT2D eigenvalue weighted by atomic mass is 10.1. The Hall–Kier alpha value is -3.31. The molecule has 9 heteroatoms. The van der Waals surface area contributed by atoms with Crippen LogP contribution in [0.15, 0.2) is 71.6 Å². The molecule has 0 aromatic heterocycles. The molecular weight excluding hydrogens is 603 g/mol. The number of halogens is 1. The van der Waals surface area contributed by atoms with Gasteiger partial charge in [0.05, 0.1) is 18.6 Å². The van der Waals surface area contributed by atoms with E-state index in [1.54, 1.807) is 24.3 Å². The minimum absolute atomic E-state index is 0.192. The zero-order valence-electron chi connectivity index (χ0n) is 20.3. The number of nitrogens with one attached hydrogen (secondary N) is 1. The van der Waals surface area contributed by atoms with Gasteiger partial charge in [0.25, 0.3) is 17.1 Å². The van der Waals surface area contributed by atoms with E-state index in [4.69, 9.17) is 9.47 Å². The summed E-state index contributed by atoms with van der Waals surface area (Å²) in [7, 11) is 1.50. The van der Waals surface area contributed by atoms with Crippen molar-refractivity contribution in [2.75, 3.05) is 19.0 Å². The maximum absolute atomic E-state index is 12.9. The number of nitrogens with zero attached hydrogens (tertiary/aromatic N) is 1. The molecule has 1 fully saturated rings. The number of carbonyl (C=O) groups is 3. The molecule has 1 N–H and O–H groups in total. The molecule has 3 aromatic rings. The Kier molecular flexibility index (Phi) is 8.88. The molecule has 0 aliphatic carbocycles. The highest BCUT2D eigenvalue weighted by atomic mass is 127. The molecule has 0 radical (unpaired) electrons. The van der Waals surface area contributed by atoms with E-state index >= 15 is 0 Å². The fourth-order valence-electron chi connectivity index (χ4n) is 3.62. The number of hydrogen-bond donors (Lipinski definition) is 1. The second-order valence-electron chi connectivity index (χ2n) is 8.19. The Labute approximate surface area is 233 Å². The number of thioether (sulfide) groups is 1. The largest absolute Gasteiger partial charge is 0.493 e. The normalized spacial score (nSPS) is 14.2. The van der Waals surface area contributed by atoms with Gasteiger partial charge in [-0.15, -0.1) is 0 Å². The number of rotatable bonds is 9. The van der Waals surface area contributed by atoms with E-state index < -0.39 is 0 Å². The van der Waals surface area contributed by atoms with Crippen molar-refractivity contribution >= 4 is 63.2 Å². The van der Waals surface area contributed by atoms with E-state index in [0.29, 0.717) is 27.7 Å². The number of benzene rings is 3. The number of hydrogen-bond acceptors (Lipinski definition) is 6. The molecule has 0 bridgehead atoms. The predicted molar refractivity (Wildman–Crippen MR) is 154 cm³/mol. The van der Waals surface area contributed by atoms with Gasteiger partial charge in [0.1, 0.15) is 0 Å². The van der Waals surface area contributed by atoms with Crippen LogP contribution in [0.25, 0.3) is 6.08 Å². The highest BCUT2D eigenvalue weighted by molar-refractivity contribution is 14.1. The molecule has 7 nitrogen and oxygen atoms in total. The quantitative estimate of drug-likeness (QED) is 0.227. The van der Waals surface area contributed by atoms with Gasteiger partial charge in [-0.2, -0.15) is 0 Å². The lowest BCUT2D eigenvalue weighted by Crippen LogP contribution is -2.27. The van der Waals surface area contributed by atoms with Gasteiger partial charge < -0.3 is 14.8 Å². The first-order chi connectivity index (χ1) is 17.9. The molecule has 190 valence electrons. The van der Waals surface area contributed by atoms with Crippen LogP contribution < -0.4 is 14.8 Å². The van der Waals surface area contributed by atoms with Crippen LogP contribution in [0.1, 0.15) is 23.6 Å². The second kappa shape index (κ2) is 12.3. The summed E-state index contributed by atoms with van der Waals surface area (Å²) in [6.07, 6.45) is 2.58. The van der Waals surface area contributed by atoms with Crippen molar-refractivity contribution in [2.45, 2.75) is 19.9 Å². The van der Waals surface area contributed by atoms with Crippen molar-refractivity contribution < 1.29 is 23.9 Å².